The van der Waals surface area contributed by atoms with E-state index in [4.69, 9.17) is 11.6 Å². The number of H-pyrrole nitrogens is 1. The van der Waals surface area contributed by atoms with Gasteiger partial charge in [-0.3, -0.25) is 9.59 Å². The molecular formula is C22H28ClN3O2. The molecule has 1 amide bonds. The van der Waals surface area contributed by atoms with E-state index in [9.17, 15) is 9.59 Å². The standard InChI is InChI=1S/C22H28ClN3O2/c1-2-22(11-14-4-3-5-15(8-14)12-22)25-13-20(27)26-19-9-16-6-7-24-21(28)17(16)10-18(19)23/h6-7,9-10,14-15,25H,2-5,8,11-13H2,1H3,(H,24,28)(H,26,27)/t14-,15+,22+. The first-order valence-electron chi connectivity index (χ1n) is 10.3. The molecule has 0 saturated heterocycles. The van der Waals surface area contributed by atoms with E-state index in [1.807, 2.05) is 0 Å². The van der Waals surface area contributed by atoms with E-state index >= 15 is 0 Å². The fraction of sp³-hybridized carbons (Fsp3) is 0.545. The topological polar surface area (TPSA) is 74.0 Å². The molecule has 2 fully saturated rings. The van der Waals surface area contributed by atoms with Crippen LogP contribution in [0.2, 0.25) is 5.02 Å². The molecule has 2 aliphatic rings. The summed E-state index contributed by atoms with van der Waals surface area (Å²) in [5, 5.41) is 8.13. The number of rotatable bonds is 5. The highest BCUT2D eigenvalue weighted by Crippen LogP contribution is 2.45. The lowest BCUT2D eigenvalue weighted by molar-refractivity contribution is -0.116. The van der Waals surface area contributed by atoms with Crippen LogP contribution in [-0.4, -0.2) is 23.0 Å². The molecule has 1 aromatic carbocycles. The molecule has 2 bridgehead atoms. The van der Waals surface area contributed by atoms with Gasteiger partial charge < -0.3 is 15.6 Å². The first kappa shape index (κ1) is 19.5. The van der Waals surface area contributed by atoms with Crippen LogP contribution in [0, 0.1) is 11.8 Å². The van der Waals surface area contributed by atoms with Crippen LogP contribution in [0.4, 0.5) is 5.69 Å². The lowest BCUT2D eigenvalue weighted by atomic mass is 9.64. The Kier molecular flexibility index (Phi) is 5.48. The van der Waals surface area contributed by atoms with Crippen LogP contribution in [0.25, 0.3) is 10.8 Å². The summed E-state index contributed by atoms with van der Waals surface area (Å²) >= 11 is 6.30. The van der Waals surface area contributed by atoms with Crippen molar-refractivity contribution in [3.05, 3.63) is 39.8 Å². The average molecular weight is 402 g/mol. The zero-order chi connectivity index (χ0) is 19.7. The van der Waals surface area contributed by atoms with Crippen LogP contribution in [0.3, 0.4) is 0 Å². The minimum atomic E-state index is -0.188. The molecule has 0 spiro atoms. The Hall–Kier alpha value is -1.85. The van der Waals surface area contributed by atoms with Crippen molar-refractivity contribution in [2.45, 2.75) is 57.4 Å². The quantitative estimate of drug-likeness (QED) is 0.692. The summed E-state index contributed by atoms with van der Waals surface area (Å²) in [7, 11) is 0. The molecule has 2 aromatic rings. The summed E-state index contributed by atoms with van der Waals surface area (Å²) in [6.07, 6.45) is 10.4. The number of carbonyl (C=O) groups is 1. The molecule has 1 aromatic heterocycles. The van der Waals surface area contributed by atoms with Crippen LogP contribution >= 0.6 is 11.6 Å². The number of halogens is 1. The van der Waals surface area contributed by atoms with E-state index in [1.165, 1.54) is 38.5 Å². The van der Waals surface area contributed by atoms with Crippen molar-refractivity contribution in [3.8, 4) is 0 Å². The summed E-state index contributed by atoms with van der Waals surface area (Å²) in [6.45, 7) is 2.50. The van der Waals surface area contributed by atoms with E-state index in [0.717, 1.165) is 23.6 Å². The predicted octanol–water partition coefficient (Wildman–Crippen LogP) is 4.46. The van der Waals surface area contributed by atoms with Crippen molar-refractivity contribution in [2.24, 2.45) is 11.8 Å². The SMILES string of the molecule is CC[C@]1(NCC(=O)Nc2cc3cc[nH]c(=O)c3cc2Cl)C[C@@H]2CCC[C@@H](C2)C1. The lowest BCUT2D eigenvalue weighted by Gasteiger charge is -2.47. The number of hydrogen-bond donors (Lipinski definition) is 3. The molecule has 3 N–H and O–H groups in total. The molecule has 6 heteroatoms. The van der Waals surface area contributed by atoms with Gasteiger partial charge in [-0.2, -0.15) is 0 Å². The van der Waals surface area contributed by atoms with Crippen molar-refractivity contribution >= 4 is 34.0 Å². The zero-order valence-electron chi connectivity index (χ0n) is 16.3. The number of carbonyl (C=O) groups excluding carboxylic acids is 1. The van der Waals surface area contributed by atoms with Crippen molar-refractivity contribution in [2.75, 3.05) is 11.9 Å². The average Bonchev–Trinajstić information content (AvgIpc) is 2.68. The number of nitrogens with one attached hydrogen (secondary N) is 3. The maximum absolute atomic E-state index is 12.6. The third kappa shape index (κ3) is 3.96. The van der Waals surface area contributed by atoms with Gasteiger partial charge in [0.1, 0.15) is 0 Å². The van der Waals surface area contributed by atoms with Gasteiger partial charge in [0, 0.05) is 17.1 Å². The van der Waals surface area contributed by atoms with Crippen LogP contribution in [0.1, 0.15) is 51.9 Å². The number of fused-ring (bicyclic) bond motifs is 3. The van der Waals surface area contributed by atoms with Crippen molar-refractivity contribution in [1.82, 2.24) is 10.3 Å². The second-order valence-corrected chi connectivity index (χ2v) is 8.98. The Balaban J connectivity index is 1.44. The van der Waals surface area contributed by atoms with E-state index in [2.05, 4.69) is 22.5 Å². The molecule has 5 nitrogen and oxygen atoms in total. The second kappa shape index (κ2) is 7.88. The number of pyridine rings is 1. The molecule has 0 radical (unpaired) electrons. The lowest BCUT2D eigenvalue weighted by Crippen LogP contribution is -2.53. The molecule has 4 rings (SSSR count). The van der Waals surface area contributed by atoms with Gasteiger partial charge >= 0.3 is 0 Å². The van der Waals surface area contributed by atoms with E-state index < -0.39 is 0 Å². The molecular weight excluding hydrogens is 374 g/mol. The van der Waals surface area contributed by atoms with Gasteiger partial charge in [0.2, 0.25) is 5.91 Å². The first-order valence-corrected chi connectivity index (χ1v) is 10.7. The molecule has 0 aliphatic heterocycles. The largest absolute Gasteiger partial charge is 0.329 e. The van der Waals surface area contributed by atoms with Gasteiger partial charge in [0.25, 0.3) is 5.56 Å². The fourth-order valence-electron chi connectivity index (χ4n) is 5.29. The van der Waals surface area contributed by atoms with Crippen molar-refractivity contribution in [1.29, 1.82) is 0 Å². The van der Waals surface area contributed by atoms with E-state index in [1.54, 1.807) is 24.4 Å². The van der Waals surface area contributed by atoms with E-state index in [-0.39, 0.29) is 23.6 Å². The number of aromatic nitrogens is 1. The summed E-state index contributed by atoms with van der Waals surface area (Å²) in [4.78, 5) is 27.1. The highest BCUT2D eigenvalue weighted by atomic mass is 35.5. The Labute approximate surface area is 170 Å². The minimum Gasteiger partial charge on any atom is -0.329 e. The maximum atomic E-state index is 12.6. The van der Waals surface area contributed by atoms with Crippen molar-refractivity contribution < 1.29 is 4.79 Å². The molecule has 0 unspecified atom stereocenters. The van der Waals surface area contributed by atoms with Gasteiger partial charge in [-0.1, -0.05) is 37.8 Å². The van der Waals surface area contributed by atoms with Gasteiger partial charge in [0.05, 0.1) is 17.3 Å². The fourth-order valence-corrected chi connectivity index (χ4v) is 5.50. The summed E-state index contributed by atoms with van der Waals surface area (Å²) < 4.78 is 0. The van der Waals surface area contributed by atoms with Crippen LogP contribution in [0.15, 0.2) is 29.2 Å². The molecule has 28 heavy (non-hydrogen) atoms. The zero-order valence-corrected chi connectivity index (χ0v) is 17.1. The van der Waals surface area contributed by atoms with Crippen LogP contribution < -0.4 is 16.2 Å². The Morgan fingerprint density at radius 1 is 1.29 bits per heavy atom. The summed E-state index contributed by atoms with van der Waals surface area (Å²) in [5.41, 5.74) is 0.426. The maximum Gasteiger partial charge on any atom is 0.255 e. The first-order chi connectivity index (χ1) is 13.5. The Morgan fingerprint density at radius 2 is 2.04 bits per heavy atom. The molecule has 1 heterocycles. The van der Waals surface area contributed by atoms with Crippen LogP contribution in [-0.2, 0) is 4.79 Å². The monoisotopic (exact) mass is 401 g/mol. The summed E-state index contributed by atoms with van der Waals surface area (Å²) in [6, 6.07) is 5.16. The third-order valence-electron chi connectivity index (χ3n) is 6.69. The van der Waals surface area contributed by atoms with E-state index in [0.29, 0.717) is 16.1 Å². The highest BCUT2D eigenvalue weighted by molar-refractivity contribution is 6.34. The third-order valence-corrected chi connectivity index (χ3v) is 7.00. The number of hydrogen-bond acceptors (Lipinski definition) is 3. The molecule has 2 saturated carbocycles. The Morgan fingerprint density at radius 3 is 2.75 bits per heavy atom. The number of anilines is 1. The molecule has 3 atom stereocenters. The highest BCUT2D eigenvalue weighted by Gasteiger charge is 2.40. The minimum absolute atomic E-state index is 0.0752. The number of amides is 1. The van der Waals surface area contributed by atoms with Gasteiger partial charge in [0.15, 0.2) is 0 Å². The normalized spacial score (nSPS) is 26.9. The predicted molar refractivity (Wildman–Crippen MR) is 114 cm³/mol. The summed E-state index contributed by atoms with van der Waals surface area (Å²) in [5.74, 6) is 1.50. The Bertz CT molecular complexity index is 927. The van der Waals surface area contributed by atoms with Gasteiger partial charge in [-0.15, -0.1) is 0 Å². The smallest absolute Gasteiger partial charge is 0.255 e. The van der Waals surface area contributed by atoms with Crippen LogP contribution in [0.5, 0.6) is 0 Å². The number of aromatic amines is 1. The molecule has 150 valence electrons. The van der Waals surface area contributed by atoms with Crippen molar-refractivity contribution in [3.63, 3.8) is 0 Å². The van der Waals surface area contributed by atoms with Gasteiger partial charge in [-0.25, -0.2) is 0 Å². The van der Waals surface area contributed by atoms with Gasteiger partial charge in [-0.05, 0) is 61.1 Å². The molecule has 2 aliphatic carbocycles. The number of benzene rings is 1. The second-order valence-electron chi connectivity index (χ2n) is 8.57.